The second kappa shape index (κ2) is 8.31. The first-order chi connectivity index (χ1) is 6.20. The third kappa shape index (κ3) is 8.04. The van der Waals surface area contributed by atoms with Gasteiger partial charge in [-0.25, -0.2) is 0 Å². The Morgan fingerprint density at radius 1 is 1.15 bits per heavy atom. The van der Waals surface area contributed by atoms with Crippen molar-refractivity contribution >= 4 is 0 Å². The largest absolute Gasteiger partial charge is 0.306 e. The van der Waals surface area contributed by atoms with E-state index < -0.39 is 0 Å². The lowest BCUT2D eigenvalue weighted by atomic mass is 10.1. The van der Waals surface area contributed by atoms with E-state index in [1.807, 2.05) is 0 Å². The van der Waals surface area contributed by atoms with Crippen LogP contribution in [0.5, 0.6) is 0 Å². The van der Waals surface area contributed by atoms with E-state index in [1.165, 1.54) is 32.1 Å². The van der Waals surface area contributed by atoms with Crippen molar-refractivity contribution in [1.82, 2.24) is 4.90 Å². The van der Waals surface area contributed by atoms with Gasteiger partial charge >= 0.3 is 0 Å². The van der Waals surface area contributed by atoms with Crippen molar-refractivity contribution in [2.75, 3.05) is 20.6 Å². The molecule has 0 rings (SSSR count). The average molecular weight is 183 g/mol. The number of hydrogen-bond donors (Lipinski definition) is 0. The van der Waals surface area contributed by atoms with Gasteiger partial charge < -0.3 is 4.90 Å². The van der Waals surface area contributed by atoms with Gasteiger partial charge in [0, 0.05) is 6.54 Å². The summed E-state index contributed by atoms with van der Waals surface area (Å²) in [5.74, 6) is 0. The van der Waals surface area contributed by atoms with Gasteiger partial charge in [0.15, 0.2) is 0 Å². The van der Waals surface area contributed by atoms with E-state index in [2.05, 4.69) is 38.9 Å². The highest BCUT2D eigenvalue weighted by Gasteiger charge is 1.94. The molecule has 0 heterocycles. The summed E-state index contributed by atoms with van der Waals surface area (Å²) < 4.78 is 0. The van der Waals surface area contributed by atoms with Crippen molar-refractivity contribution in [3.8, 4) is 0 Å². The lowest BCUT2D eigenvalue weighted by molar-refractivity contribution is 0.454. The van der Waals surface area contributed by atoms with Gasteiger partial charge in [0.25, 0.3) is 0 Å². The maximum Gasteiger partial charge on any atom is 0.0159 e. The van der Waals surface area contributed by atoms with Crippen LogP contribution < -0.4 is 0 Å². The molecule has 0 spiro atoms. The maximum absolute atomic E-state index is 2.38. The Kier molecular flexibility index (Phi) is 8.11. The molecule has 0 aromatic carbocycles. The molecule has 0 aliphatic heterocycles. The summed E-state index contributed by atoms with van der Waals surface area (Å²) in [6.07, 6.45) is 8.97. The summed E-state index contributed by atoms with van der Waals surface area (Å²) in [7, 11) is 4.24. The normalized spacial score (nSPS) is 12.5. The molecular weight excluding hydrogens is 158 g/mol. The minimum atomic E-state index is 1.09. The van der Waals surface area contributed by atoms with Gasteiger partial charge in [-0.3, -0.25) is 0 Å². The number of hydrogen-bond acceptors (Lipinski definition) is 1. The van der Waals surface area contributed by atoms with Crippen LogP contribution in [0.4, 0.5) is 0 Å². The third-order valence-corrected chi connectivity index (χ3v) is 2.30. The molecule has 0 unspecified atom stereocenters. The fourth-order valence-electron chi connectivity index (χ4n) is 1.34. The van der Waals surface area contributed by atoms with Crippen molar-refractivity contribution in [1.29, 1.82) is 0 Å². The van der Waals surface area contributed by atoms with Crippen molar-refractivity contribution < 1.29 is 0 Å². The topological polar surface area (TPSA) is 3.24 Å². The fraction of sp³-hybridized carbons (Fsp3) is 0.833. The molecule has 0 amide bonds. The van der Waals surface area contributed by atoms with Gasteiger partial charge in [0.05, 0.1) is 0 Å². The van der Waals surface area contributed by atoms with Crippen LogP contribution in [0, 0.1) is 0 Å². The highest BCUT2D eigenvalue weighted by molar-refractivity contribution is 5.02. The fourth-order valence-corrected chi connectivity index (χ4v) is 1.34. The van der Waals surface area contributed by atoms with Crippen molar-refractivity contribution in [2.45, 2.75) is 46.0 Å². The predicted octanol–water partition coefficient (Wildman–Crippen LogP) is 3.46. The molecular formula is C12H25N. The summed E-state index contributed by atoms with van der Waals surface area (Å²) >= 11 is 0. The molecule has 0 aromatic heterocycles. The number of unbranched alkanes of at least 4 members (excludes halogenated alkanes) is 2. The van der Waals surface area contributed by atoms with Crippen LogP contribution in [-0.2, 0) is 0 Å². The molecule has 0 atom stereocenters. The smallest absolute Gasteiger partial charge is 0.0159 e. The summed E-state index contributed by atoms with van der Waals surface area (Å²) in [4.78, 5) is 2.22. The SMILES string of the molecule is CCCCC/C(=C\CN(C)C)CC. The van der Waals surface area contributed by atoms with Crippen molar-refractivity contribution in [3.05, 3.63) is 11.6 Å². The van der Waals surface area contributed by atoms with E-state index >= 15 is 0 Å². The molecule has 0 radical (unpaired) electrons. The molecule has 1 heteroatoms. The van der Waals surface area contributed by atoms with Crippen LogP contribution in [0.25, 0.3) is 0 Å². The van der Waals surface area contributed by atoms with E-state index in [0.717, 1.165) is 6.54 Å². The van der Waals surface area contributed by atoms with E-state index in [1.54, 1.807) is 5.57 Å². The van der Waals surface area contributed by atoms with Gasteiger partial charge in [-0.1, -0.05) is 38.3 Å². The monoisotopic (exact) mass is 183 g/mol. The molecule has 1 nitrogen and oxygen atoms in total. The van der Waals surface area contributed by atoms with Crippen LogP contribution in [0.1, 0.15) is 46.0 Å². The van der Waals surface area contributed by atoms with Crippen LogP contribution in [0.15, 0.2) is 11.6 Å². The highest BCUT2D eigenvalue weighted by atomic mass is 15.0. The number of nitrogens with zero attached hydrogens (tertiary/aromatic N) is 1. The second-order valence-corrected chi connectivity index (χ2v) is 3.94. The first-order valence-electron chi connectivity index (χ1n) is 5.53. The zero-order valence-corrected chi connectivity index (χ0v) is 9.77. The van der Waals surface area contributed by atoms with E-state index in [-0.39, 0.29) is 0 Å². The van der Waals surface area contributed by atoms with Gasteiger partial charge in [-0.05, 0) is 33.4 Å². The van der Waals surface area contributed by atoms with Gasteiger partial charge in [-0.2, -0.15) is 0 Å². The van der Waals surface area contributed by atoms with Crippen molar-refractivity contribution in [3.63, 3.8) is 0 Å². The van der Waals surface area contributed by atoms with Gasteiger partial charge in [0.2, 0.25) is 0 Å². The summed E-state index contributed by atoms with van der Waals surface area (Å²) in [5, 5.41) is 0. The Bertz CT molecular complexity index is 136. The molecule has 0 aliphatic carbocycles. The minimum absolute atomic E-state index is 1.09. The summed E-state index contributed by atoms with van der Waals surface area (Å²) in [6, 6.07) is 0. The Morgan fingerprint density at radius 3 is 2.31 bits per heavy atom. The average Bonchev–Trinajstić information content (AvgIpc) is 2.10. The van der Waals surface area contributed by atoms with E-state index in [9.17, 15) is 0 Å². The number of allylic oxidation sites excluding steroid dienone is 1. The van der Waals surface area contributed by atoms with Crippen LogP contribution in [0.3, 0.4) is 0 Å². The second-order valence-electron chi connectivity index (χ2n) is 3.94. The first kappa shape index (κ1) is 12.7. The van der Waals surface area contributed by atoms with Gasteiger partial charge in [0.1, 0.15) is 0 Å². The lowest BCUT2D eigenvalue weighted by Gasteiger charge is -2.08. The Balaban J connectivity index is 3.67. The molecule has 13 heavy (non-hydrogen) atoms. The van der Waals surface area contributed by atoms with Crippen LogP contribution in [-0.4, -0.2) is 25.5 Å². The van der Waals surface area contributed by atoms with Crippen molar-refractivity contribution in [2.24, 2.45) is 0 Å². The lowest BCUT2D eigenvalue weighted by Crippen LogP contribution is -2.11. The number of likely N-dealkylation sites (N-methyl/N-ethyl adjacent to an activating group) is 1. The Morgan fingerprint density at radius 2 is 1.85 bits per heavy atom. The molecule has 0 aliphatic rings. The third-order valence-electron chi connectivity index (χ3n) is 2.30. The number of rotatable bonds is 7. The molecule has 0 saturated carbocycles. The predicted molar refractivity (Wildman–Crippen MR) is 61.1 cm³/mol. The summed E-state index contributed by atoms with van der Waals surface area (Å²) in [5.41, 5.74) is 1.63. The quantitative estimate of drug-likeness (QED) is 0.431. The maximum atomic E-state index is 2.38. The Labute approximate surface area is 83.8 Å². The Hall–Kier alpha value is -0.300. The molecule has 0 N–H and O–H groups in total. The standard InChI is InChI=1S/C12H25N/c1-5-7-8-9-12(6-2)10-11-13(3)4/h10H,5-9,11H2,1-4H3/b12-10-. The first-order valence-corrected chi connectivity index (χ1v) is 5.53. The zero-order valence-electron chi connectivity index (χ0n) is 9.77. The highest BCUT2D eigenvalue weighted by Crippen LogP contribution is 2.11. The molecule has 0 aromatic rings. The zero-order chi connectivity index (χ0) is 10.1. The van der Waals surface area contributed by atoms with E-state index in [4.69, 9.17) is 0 Å². The van der Waals surface area contributed by atoms with Gasteiger partial charge in [-0.15, -0.1) is 0 Å². The van der Waals surface area contributed by atoms with E-state index in [0.29, 0.717) is 0 Å². The minimum Gasteiger partial charge on any atom is -0.306 e. The molecule has 0 saturated heterocycles. The van der Waals surface area contributed by atoms with Crippen LogP contribution >= 0.6 is 0 Å². The molecule has 0 fully saturated rings. The van der Waals surface area contributed by atoms with Crippen LogP contribution in [0.2, 0.25) is 0 Å². The summed E-state index contributed by atoms with van der Waals surface area (Å²) in [6.45, 7) is 5.61. The molecule has 78 valence electrons. The molecule has 0 bridgehead atoms.